The molecular formula is C8H13F3N4S. The molecular weight excluding hydrogens is 241 g/mol. The summed E-state index contributed by atoms with van der Waals surface area (Å²) in [6.45, 7) is 2.40. The maximum Gasteiger partial charge on any atom is 0.452 e. The van der Waals surface area contributed by atoms with Crippen LogP contribution in [-0.4, -0.2) is 29.0 Å². The number of aromatic nitrogens is 2. The van der Waals surface area contributed by atoms with E-state index in [1.807, 2.05) is 6.92 Å². The molecule has 1 aromatic rings. The van der Waals surface area contributed by atoms with Gasteiger partial charge in [-0.25, -0.2) is 0 Å². The third-order valence-corrected chi connectivity index (χ3v) is 2.75. The lowest BCUT2D eigenvalue weighted by molar-refractivity contribution is -0.144. The first kappa shape index (κ1) is 13.2. The highest BCUT2D eigenvalue weighted by Gasteiger charge is 2.36. The van der Waals surface area contributed by atoms with Crippen molar-refractivity contribution in [3.05, 3.63) is 5.82 Å². The van der Waals surface area contributed by atoms with Gasteiger partial charge in [-0.05, 0) is 13.3 Å². The lowest BCUT2D eigenvalue weighted by atomic mass is 10.2. The SMILES string of the molecule is CC(N)CCN(C)c1nc(C(F)(F)F)ns1. The summed E-state index contributed by atoms with van der Waals surface area (Å²) in [5, 5.41) is 0.257. The Kier molecular flexibility index (Phi) is 4.09. The molecule has 0 fully saturated rings. The molecule has 8 heteroatoms. The molecule has 1 atom stereocenters. The highest BCUT2D eigenvalue weighted by molar-refractivity contribution is 7.09. The molecule has 0 spiro atoms. The van der Waals surface area contributed by atoms with Crippen molar-refractivity contribution in [3.63, 3.8) is 0 Å². The Hall–Kier alpha value is -0.890. The van der Waals surface area contributed by atoms with E-state index in [2.05, 4.69) is 9.36 Å². The minimum absolute atomic E-state index is 0.0115. The van der Waals surface area contributed by atoms with Crippen molar-refractivity contribution in [2.24, 2.45) is 5.73 Å². The molecule has 0 radical (unpaired) electrons. The van der Waals surface area contributed by atoms with Gasteiger partial charge in [0.15, 0.2) is 0 Å². The fourth-order valence-electron chi connectivity index (χ4n) is 0.979. The van der Waals surface area contributed by atoms with E-state index in [1.165, 1.54) is 0 Å². The first-order chi connectivity index (χ1) is 7.30. The Labute approximate surface area is 95.4 Å². The fourth-order valence-corrected chi connectivity index (χ4v) is 1.65. The number of hydrogen-bond donors (Lipinski definition) is 1. The van der Waals surface area contributed by atoms with Gasteiger partial charge in [-0.3, -0.25) is 0 Å². The minimum Gasteiger partial charge on any atom is -0.350 e. The third-order valence-electron chi connectivity index (χ3n) is 1.92. The molecule has 92 valence electrons. The van der Waals surface area contributed by atoms with Crippen molar-refractivity contribution in [2.45, 2.75) is 25.6 Å². The van der Waals surface area contributed by atoms with Crippen molar-refractivity contribution in [2.75, 3.05) is 18.5 Å². The highest BCUT2D eigenvalue weighted by atomic mass is 32.1. The third kappa shape index (κ3) is 3.60. The summed E-state index contributed by atoms with van der Waals surface area (Å²) in [5.41, 5.74) is 5.55. The molecule has 0 amide bonds. The Morgan fingerprint density at radius 1 is 1.50 bits per heavy atom. The van der Waals surface area contributed by atoms with E-state index in [-0.39, 0.29) is 11.2 Å². The smallest absolute Gasteiger partial charge is 0.350 e. The van der Waals surface area contributed by atoms with Gasteiger partial charge in [-0.1, -0.05) is 0 Å². The monoisotopic (exact) mass is 254 g/mol. The molecule has 1 heterocycles. The fraction of sp³-hybridized carbons (Fsp3) is 0.750. The quantitative estimate of drug-likeness (QED) is 0.889. The summed E-state index contributed by atoms with van der Waals surface area (Å²) in [5.74, 6) is -1.08. The van der Waals surface area contributed by atoms with Gasteiger partial charge in [-0.15, -0.1) is 0 Å². The van der Waals surface area contributed by atoms with Gasteiger partial charge in [0.2, 0.25) is 11.0 Å². The summed E-state index contributed by atoms with van der Waals surface area (Å²) in [6.07, 6.45) is -3.78. The maximum absolute atomic E-state index is 12.2. The van der Waals surface area contributed by atoms with Crippen molar-refractivity contribution in [1.82, 2.24) is 9.36 Å². The predicted molar refractivity (Wildman–Crippen MR) is 56.4 cm³/mol. The molecule has 0 aliphatic heterocycles. The number of hydrogen-bond acceptors (Lipinski definition) is 5. The van der Waals surface area contributed by atoms with Crippen LogP contribution in [0.25, 0.3) is 0 Å². The largest absolute Gasteiger partial charge is 0.452 e. The first-order valence-electron chi connectivity index (χ1n) is 4.68. The number of alkyl halides is 3. The lowest BCUT2D eigenvalue weighted by Crippen LogP contribution is -2.25. The summed E-state index contributed by atoms with van der Waals surface area (Å²) in [4.78, 5) is 5.05. The second-order valence-corrected chi connectivity index (χ2v) is 4.32. The Bertz CT molecular complexity index is 336. The maximum atomic E-state index is 12.2. The number of rotatable bonds is 4. The molecule has 2 N–H and O–H groups in total. The van der Waals surface area contributed by atoms with Crippen LogP contribution >= 0.6 is 11.5 Å². The van der Waals surface area contributed by atoms with Crippen LogP contribution in [0.5, 0.6) is 0 Å². The predicted octanol–water partition coefficient (Wildman–Crippen LogP) is 1.73. The molecule has 0 saturated heterocycles. The summed E-state index contributed by atoms with van der Waals surface area (Å²) in [7, 11) is 1.67. The summed E-state index contributed by atoms with van der Waals surface area (Å²) < 4.78 is 39.9. The van der Waals surface area contributed by atoms with Crippen molar-refractivity contribution < 1.29 is 13.2 Å². The van der Waals surface area contributed by atoms with Gasteiger partial charge in [0.25, 0.3) is 0 Å². The van der Waals surface area contributed by atoms with E-state index >= 15 is 0 Å². The zero-order valence-corrected chi connectivity index (χ0v) is 9.77. The van der Waals surface area contributed by atoms with E-state index in [1.54, 1.807) is 11.9 Å². The van der Waals surface area contributed by atoms with Crippen molar-refractivity contribution in [1.29, 1.82) is 0 Å². The molecule has 1 aromatic heterocycles. The van der Waals surface area contributed by atoms with Crippen LogP contribution in [0.15, 0.2) is 0 Å². The van der Waals surface area contributed by atoms with Gasteiger partial charge < -0.3 is 10.6 Å². The Morgan fingerprint density at radius 3 is 2.56 bits per heavy atom. The van der Waals surface area contributed by atoms with Gasteiger partial charge >= 0.3 is 6.18 Å². The summed E-state index contributed by atoms with van der Waals surface area (Å²) in [6, 6.07) is 0.0115. The molecule has 0 bridgehead atoms. The lowest BCUT2D eigenvalue weighted by Gasteiger charge is -2.16. The van der Waals surface area contributed by atoms with E-state index in [0.717, 1.165) is 11.5 Å². The second-order valence-electron chi connectivity index (χ2n) is 3.59. The van der Waals surface area contributed by atoms with Crippen molar-refractivity contribution >= 4 is 16.7 Å². The van der Waals surface area contributed by atoms with Crippen LogP contribution in [-0.2, 0) is 6.18 Å². The normalized spacial score (nSPS) is 13.9. The average Bonchev–Trinajstić information content (AvgIpc) is 2.61. The van der Waals surface area contributed by atoms with Crippen LogP contribution in [0.3, 0.4) is 0 Å². The van der Waals surface area contributed by atoms with Crippen LogP contribution in [0, 0.1) is 0 Å². The van der Waals surface area contributed by atoms with Crippen LogP contribution in [0.2, 0.25) is 0 Å². The molecule has 0 saturated carbocycles. The number of nitrogens with zero attached hydrogens (tertiary/aromatic N) is 3. The van der Waals surface area contributed by atoms with E-state index in [4.69, 9.17) is 5.73 Å². The molecule has 0 aliphatic rings. The number of anilines is 1. The van der Waals surface area contributed by atoms with Gasteiger partial charge in [0.05, 0.1) is 0 Å². The standard InChI is InChI=1S/C8H13F3N4S/c1-5(12)3-4-15(2)7-13-6(14-16-7)8(9,10)11/h5H,3-4,12H2,1-2H3. The number of halogens is 3. The highest BCUT2D eigenvalue weighted by Crippen LogP contribution is 2.29. The summed E-state index contributed by atoms with van der Waals surface area (Å²) >= 11 is 0.740. The van der Waals surface area contributed by atoms with Gasteiger partial charge in [-0.2, -0.15) is 22.5 Å². The molecule has 1 unspecified atom stereocenters. The topological polar surface area (TPSA) is 55.0 Å². The van der Waals surface area contributed by atoms with E-state index in [9.17, 15) is 13.2 Å². The van der Waals surface area contributed by atoms with E-state index in [0.29, 0.717) is 13.0 Å². The Morgan fingerprint density at radius 2 is 2.12 bits per heavy atom. The molecule has 1 rings (SSSR count). The van der Waals surface area contributed by atoms with Gasteiger partial charge in [0.1, 0.15) is 0 Å². The average molecular weight is 254 g/mol. The van der Waals surface area contributed by atoms with Gasteiger partial charge in [0, 0.05) is 31.2 Å². The minimum atomic E-state index is -4.48. The molecule has 0 aliphatic carbocycles. The molecule has 0 aromatic carbocycles. The van der Waals surface area contributed by atoms with E-state index < -0.39 is 12.0 Å². The zero-order valence-electron chi connectivity index (χ0n) is 8.95. The molecule has 4 nitrogen and oxygen atoms in total. The zero-order chi connectivity index (χ0) is 12.3. The Balaban J connectivity index is 2.63. The van der Waals surface area contributed by atoms with Crippen molar-refractivity contribution in [3.8, 4) is 0 Å². The van der Waals surface area contributed by atoms with Crippen LogP contribution < -0.4 is 10.6 Å². The van der Waals surface area contributed by atoms with Crippen LogP contribution in [0.4, 0.5) is 18.3 Å². The second kappa shape index (κ2) is 4.96. The molecule has 16 heavy (non-hydrogen) atoms. The first-order valence-corrected chi connectivity index (χ1v) is 5.45. The van der Waals surface area contributed by atoms with Crippen LogP contribution in [0.1, 0.15) is 19.2 Å². The number of nitrogens with two attached hydrogens (primary N) is 1.